The molecule has 184 valence electrons. The summed E-state index contributed by atoms with van der Waals surface area (Å²) in [6.07, 6.45) is 7.59. The minimum atomic E-state index is -0.979. The molecular formula is C25H31FN2O6. The van der Waals surface area contributed by atoms with E-state index in [2.05, 4.69) is 10.5 Å². The molecular weight excluding hydrogens is 443 g/mol. The number of nitrogens with one attached hydrogen (secondary N) is 1. The van der Waals surface area contributed by atoms with Crippen LogP contribution in [0.3, 0.4) is 0 Å². The van der Waals surface area contributed by atoms with Gasteiger partial charge in [0.1, 0.15) is 24.1 Å². The number of fused-ring (bicyclic) bond motifs is 3. The summed E-state index contributed by atoms with van der Waals surface area (Å²) >= 11 is 0. The molecule has 3 aliphatic heterocycles. The summed E-state index contributed by atoms with van der Waals surface area (Å²) in [5, 5.41) is 3.95. The summed E-state index contributed by atoms with van der Waals surface area (Å²) in [6, 6.07) is 6.22. The molecule has 2 spiro atoms. The lowest BCUT2D eigenvalue weighted by Crippen LogP contribution is -2.59. The quantitative estimate of drug-likeness (QED) is 0.533. The second-order valence-corrected chi connectivity index (χ2v) is 9.99. The predicted molar refractivity (Wildman–Crippen MR) is 118 cm³/mol. The Morgan fingerprint density at radius 1 is 0.882 bits per heavy atom. The number of amides is 1. The van der Waals surface area contributed by atoms with Crippen LogP contribution in [0.15, 0.2) is 29.4 Å². The molecule has 1 aromatic carbocycles. The zero-order valence-electron chi connectivity index (χ0n) is 19.1. The Labute approximate surface area is 198 Å². The van der Waals surface area contributed by atoms with Gasteiger partial charge in [0, 0.05) is 31.2 Å². The molecule has 5 unspecified atom stereocenters. The Morgan fingerprint density at radius 2 is 1.50 bits per heavy atom. The molecule has 0 aromatic heterocycles. The van der Waals surface area contributed by atoms with Gasteiger partial charge < -0.3 is 23.7 Å². The summed E-state index contributed by atoms with van der Waals surface area (Å²) < 4.78 is 45.8. The second kappa shape index (κ2) is 8.95. The number of nitrogens with zero attached hydrogens (tertiary/aromatic N) is 1. The highest BCUT2D eigenvalue weighted by Crippen LogP contribution is 2.50. The molecule has 3 heterocycles. The Morgan fingerprint density at radius 3 is 2.21 bits per heavy atom. The highest BCUT2D eigenvalue weighted by molar-refractivity contribution is 5.85. The zero-order valence-corrected chi connectivity index (χ0v) is 19.1. The number of rotatable bonds is 3. The lowest BCUT2D eigenvalue weighted by Gasteiger charge is -2.36. The van der Waals surface area contributed by atoms with Crippen LogP contribution in [-0.2, 0) is 28.5 Å². The van der Waals surface area contributed by atoms with E-state index in [4.69, 9.17) is 23.7 Å². The minimum Gasteiger partial charge on any atom is -0.341 e. The number of halogens is 1. The number of hydrogen-bond donors (Lipinski definition) is 1. The van der Waals surface area contributed by atoms with Gasteiger partial charge in [-0.25, -0.2) is 9.82 Å². The number of hydrazone groups is 1. The normalized spacial score (nSPS) is 36.0. The monoisotopic (exact) mass is 474 g/mol. The molecule has 5 aliphatic rings. The molecule has 8 nitrogen and oxygen atoms in total. The van der Waals surface area contributed by atoms with Crippen molar-refractivity contribution in [1.82, 2.24) is 5.43 Å². The third-order valence-electron chi connectivity index (χ3n) is 7.65. The number of carbonyl (C=O) groups is 1. The third-order valence-corrected chi connectivity index (χ3v) is 7.65. The van der Waals surface area contributed by atoms with Crippen molar-refractivity contribution < 1.29 is 32.9 Å². The van der Waals surface area contributed by atoms with Crippen LogP contribution in [-0.4, -0.2) is 54.4 Å². The van der Waals surface area contributed by atoms with Gasteiger partial charge in [0.15, 0.2) is 24.0 Å². The van der Waals surface area contributed by atoms with Crippen LogP contribution in [0.1, 0.15) is 69.8 Å². The van der Waals surface area contributed by atoms with E-state index < -0.39 is 54.0 Å². The fourth-order valence-corrected chi connectivity index (χ4v) is 5.98. The highest BCUT2D eigenvalue weighted by Gasteiger charge is 2.65. The molecule has 34 heavy (non-hydrogen) atoms. The maximum atomic E-state index is 13.9. The van der Waals surface area contributed by atoms with E-state index >= 15 is 0 Å². The summed E-state index contributed by atoms with van der Waals surface area (Å²) in [5.74, 6) is -2.30. The van der Waals surface area contributed by atoms with Crippen LogP contribution < -0.4 is 5.43 Å². The summed E-state index contributed by atoms with van der Waals surface area (Å²) in [5.41, 5.74) is 2.77. The van der Waals surface area contributed by atoms with E-state index in [1.165, 1.54) is 12.3 Å². The largest absolute Gasteiger partial charge is 0.341 e. The Kier molecular flexibility index (Phi) is 5.93. The average molecular weight is 475 g/mol. The molecule has 5 atom stereocenters. The summed E-state index contributed by atoms with van der Waals surface area (Å²) in [6.45, 7) is 0. The van der Waals surface area contributed by atoms with Gasteiger partial charge in [-0.3, -0.25) is 4.79 Å². The minimum absolute atomic E-state index is 0.277. The van der Waals surface area contributed by atoms with Crippen molar-refractivity contribution in [2.75, 3.05) is 0 Å². The first-order chi connectivity index (χ1) is 16.6. The van der Waals surface area contributed by atoms with Crippen molar-refractivity contribution in [2.45, 2.75) is 106 Å². The van der Waals surface area contributed by atoms with E-state index in [9.17, 15) is 9.18 Å². The van der Waals surface area contributed by atoms with Gasteiger partial charge in [-0.15, -0.1) is 0 Å². The molecule has 9 heteroatoms. The van der Waals surface area contributed by atoms with Gasteiger partial charge in [0.05, 0.1) is 6.21 Å². The molecule has 0 bridgehead atoms. The van der Waals surface area contributed by atoms with Gasteiger partial charge in [-0.05, 0) is 31.7 Å². The van der Waals surface area contributed by atoms with Crippen LogP contribution in [0.5, 0.6) is 0 Å². The predicted octanol–water partition coefficient (Wildman–Crippen LogP) is 3.52. The van der Waals surface area contributed by atoms with Gasteiger partial charge in [-0.1, -0.05) is 31.0 Å². The molecule has 1 N–H and O–H groups in total. The second-order valence-electron chi connectivity index (χ2n) is 9.99. The first kappa shape index (κ1) is 22.5. The van der Waals surface area contributed by atoms with Gasteiger partial charge >= 0.3 is 0 Å². The smallest absolute Gasteiger partial charge is 0.272 e. The molecule has 5 fully saturated rings. The molecule has 0 radical (unpaired) electrons. The van der Waals surface area contributed by atoms with Gasteiger partial charge in [0.2, 0.25) is 0 Å². The number of benzene rings is 1. The maximum Gasteiger partial charge on any atom is 0.272 e. The molecule has 1 aromatic rings. The van der Waals surface area contributed by atoms with Crippen molar-refractivity contribution in [1.29, 1.82) is 0 Å². The lowest BCUT2D eigenvalue weighted by molar-refractivity contribution is -0.247. The molecule has 1 amide bonds. The van der Waals surface area contributed by atoms with Crippen LogP contribution in [0.2, 0.25) is 0 Å². The Bertz CT molecular complexity index is 945. The van der Waals surface area contributed by atoms with Crippen molar-refractivity contribution >= 4 is 12.1 Å². The zero-order chi connectivity index (χ0) is 23.2. The first-order valence-corrected chi connectivity index (χ1v) is 12.5. The van der Waals surface area contributed by atoms with E-state index in [1.807, 2.05) is 0 Å². The van der Waals surface area contributed by atoms with Crippen molar-refractivity contribution in [3.8, 4) is 0 Å². The van der Waals surface area contributed by atoms with Gasteiger partial charge in [0.25, 0.3) is 5.91 Å². The third kappa shape index (κ3) is 4.07. The van der Waals surface area contributed by atoms with E-state index in [-0.39, 0.29) is 5.56 Å². The number of ether oxygens (including phenoxy) is 5. The van der Waals surface area contributed by atoms with E-state index in [0.717, 1.165) is 64.2 Å². The average Bonchev–Trinajstić information content (AvgIpc) is 3.38. The fraction of sp³-hybridized carbons (Fsp3) is 0.680. The molecule has 2 aliphatic carbocycles. The lowest BCUT2D eigenvalue weighted by atomic mass is 9.94. The number of hydrogen-bond acceptors (Lipinski definition) is 7. The van der Waals surface area contributed by atoms with E-state index in [1.54, 1.807) is 18.2 Å². The van der Waals surface area contributed by atoms with Crippen molar-refractivity contribution in [3.05, 3.63) is 35.6 Å². The van der Waals surface area contributed by atoms with Crippen molar-refractivity contribution in [2.24, 2.45) is 5.10 Å². The Balaban J connectivity index is 1.22. The maximum absolute atomic E-state index is 13.9. The SMILES string of the molecule is O=C(N/N=C\c1ccccc1F)C1OC2OC3(CCCCC3)OC2C2OC3(CCCCC3)OC12. The van der Waals surface area contributed by atoms with Crippen molar-refractivity contribution in [3.63, 3.8) is 0 Å². The molecule has 6 rings (SSSR count). The van der Waals surface area contributed by atoms with Gasteiger partial charge in [-0.2, -0.15) is 5.10 Å². The van der Waals surface area contributed by atoms with Crippen LogP contribution >= 0.6 is 0 Å². The van der Waals surface area contributed by atoms with Crippen LogP contribution in [0, 0.1) is 5.82 Å². The molecule has 3 saturated heterocycles. The topological polar surface area (TPSA) is 87.6 Å². The highest BCUT2D eigenvalue weighted by atomic mass is 19.1. The first-order valence-electron chi connectivity index (χ1n) is 12.5. The Hall–Kier alpha value is -1.91. The number of carbonyl (C=O) groups excluding carboxylic acids is 1. The standard InChI is InChI=1S/C25H31FN2O6/c26-17-10-4-3-9-16(17)15-27-28-22(29)20-18-19(32-24(31-18)11-5-1-6-12-24)21-23(30-20)34-25(33-21)13-7-2-8-14-25/h3-4,9-10,15,18-21,23H,1-2,5-8,11-14H2,(H,28,29)/b27-15-. The van der Waals surface area contributed by atoms with E-state index in [0.29, 0.717) is 0 Å². The summed E-state index contributed by atoms with van der Waals surface area (Å²) in [4.78, 5) is 13.2. The van der Waals surface area contributed by atoms with Crippen LogP contribution in [0.4, 0.5) is 4.39 Å². The summed E-state index contributed by atoms with van der Waals surface area (Å²) in [7, 11) is 0. The fourth-order valence-electron chi connectivity index (χ4n) is 5.98. The molecule has 2 saturated carbocycles. The van der Waals surface area contributed by atoms with Crippen LogP contribution in [0.25, 0.3) is 0 Å².